The van der Waals surface area contributed by atoms with Crippen molar-refractivity contribution in [3.8, 4) is 5.88 Å². The van der Waals surface area contributed by atoms with Crippen LogP contribution in [0.1, 0.15) is 54.4 Å². The third-order valence-electron chi connectivity index (χ3n) is 6.06. The number of nitrogens with zero attached hydrogens (tertiary/aromatic N) is 3. The number of rotatable bonds is 2. The predicted molar refractivity (Wildman–Crippen MR) is 105 cm³/mol. The van der Waals surface area contributed by atoms with Gasteiger partial charge < -0.3 is 18.6 Å². The van der Waals surface area contributed by atoms with Gasteiger partial charge in [0, 0.05) is 24.8 Å². The first-order valence-corrected chi connectivity index (χ1v) is 11.1. The molecule has 7 nitrogen and oxygen atoms in total. The number of nitrogens with one attached hydrogen (secondary N) is 1. The van der Waals surface area contributed by atoms with E-state index in [1.54, 1.807) is 4.68 Å². The van der Waals surface area contributed by atoms with E-state index in [1.807, 2.05) is 6.92 Å². The average Bonchev–Trinajstić information content (AvgIpc) is 3.43. The summed E-state index contributed by atoms with van der Waals surface area (Å²) in [6.07, 6.45) is 6.10. The van der Waals surface area contributed by atoms with Gasteiger partial charge in [0.15, 0.2) is 5.88 Å². The standard InChI is InChI=1S/C20H22FN4O3S/c1-11-6-7-14-16(11)18(13-5-2-4-12(13)17(14)21)23-20(26)24-29(27)15-10-22-25-8-3-9-28-19(15)25/h10-11H,2-9H2,1H3,(H,23,26)/q-1/t11-/m0/s1. The normalized spacial score (nSPS) is 20.7. The van der Waals surface area contributed by atoms with E-state index in [2.05, 4.69) is 14.8 Å². The van der Waals surface area contributed by atoms with Crippen LogP contribution >= 0.6 is 0 Å². The molecule has 154 valence electrons. The van der Waals surface area contributed by atoms with Crippen LogP contribution in [0.4, 0.5) is 14.9 Å². The lowest BCUT2D eigenvalue weighted by atomic mass is 9.94. The van der Waals surface area contributed by atoms with Crippen LogP contribution in [-0.4, -0.2) is 22.4 Å². The molecular formula is C20H22FN4O3S-. The molecule has 2 amide bonds. The molecule has 1 N–H and O–H groups in total. The summed E-state index contributed by atoms with van der Waals surface area (Å²) in [4.78, 5) is 12.9. The van der Waals surface area contributed by atoms with E-state index in [0.29, 0.717) is 53.6 Å². The van der Waals surface area contributed by atoms with E-state index < -0.39 is 16.6 Å². The fourth-order valence-corrected chi connectivity index (χ4v) is 5.48. The first-order valence-electron chi connectivity index (χ1n) is 10.0. The largest absolute Gasteiger partial charge is 0.479 e. The number of benzene rings is 1. The monoisotopic (exact) mass is 417 g/mol. The zero-order chi connectivity index (χ0) is 20.1. The number of hydrogen-bond acceptors (Lipinski definition) is 5. The van der Waals surface area contributed by atoms with Gasteiger partial charge in [0.1, 0.15) is 5.82 Å². The highest BCUT2D eigenvalue weighted by molar-refractivity contribution is 7.75. The Balaban J connectivity index is 1.49. The second-order valence-corrected chi connectivity index (χ2v) is 8.96. The number of anilines is 1. The van der Waals surface area contributed by atoms with Crippen LogP contribution in [0, 0.1) is 5.82 Å². The van der Waals surface area contributed by atoms with Crippen molar-refractivity contribution in [2.45, 2.75) is 62.8 Å². The molecule has 0 spiro atoms. The molecule has 9 heteroatoms. The zero-order valence-electron chi connectivity index (χ0n) is 16.2. The van der Waals surface area contributed by atoms with Gasteiger partial charge in [-0.15, -0.1) is 10.6 Å². The van der Waals surface area contributed by atoms with Crippen molar-refractivity contribution in [1.29, 1.82) is 0 Å². The lowest BCUT2D eigenvalue weighted by molar-refractivity contribution is 0.225. The van der Waals surface area contributed by atoms with Gasteiger partial charge in [-0.3, -0.25) is 0 Å². The van der Waals surface area contributed by atoms with E-state index >= 15 is 0 Å². The molecule has 2 heterocycles. The van der Waals surface area contributed by atoms with Crippen molar-refractivity contribution in [2.24, 2.45) is 4.36 Å². The predicted octanol–water partition coefficient (Wildman–Crippen LogP) is 4.08. The van der Waals surface area contributed by atoms with Crippen molar-refractivity contribution in [2.75, 3.05) is 11.9 Å². The van der Waals surface area contributed by atoms with Crippen LogP contribution < -0.4 is 10.1 Å². The highest BCUT2D eigenvalue weighted by atomic mass is 32.2. The lowest BCUT2D eigenvalue weighted by Gasteiger charge is -2.19. The highest BCUT2D eigenvalue weighted by Gasteiger charge is 2.32. The van der Waals surface area contributed by atoms with E-state index in [4.69, 9.17) is 4.74 Å². The summed E-state index contributed by atoms with van der Waals surface area (Å²) < 4.78 is 38.6. The fourth-order valence-electron chi connectivity index (χ4n) is 4.73. The van der Waals surface area contributed by atoms with Gasteiger partial charge in [-0.2, -0.15) is 5.10 Å². The number of aryl methyl sites for hydroxylation is 1. The molecule has 5 rings (SSSR count). The molecule has 3 aliphatic rings. The minimum absolute atomic E-state index is 0.0981. The van der Waals surface area contributed by atoms with Gasteiger partial charge in [0.25, 0.3) is 0 Å². The molecule has 0 saturated carbocycles. The number of urea groups is 1. The molecule has 0 saturated heterocycles. The van der Waals surface area contributed by atoms with Gasteiger partial charge in [0.2, 0.25) is 0 Å². The van der Waals surface area contributed by atoms with Crippen LogP contribution in [0.5, 0.6) is 5.88 Å². The maximum Gasteiger partial charge on any atom is 0.322 e. The van der Waals surface area contributed by atoms with Crippen molar-refractivity contribution in [3.05, 3.63) is 34.3 Å². The smallest absolute Gasteiger partial charge is 0.322 e. The van der Waals surface area contributed by atoms with Crippen molar-refractivity contribution in [1.82, 2.24) is 9.78 Å². The Kier molecular flexibility index (Phi) is 4.57. The van der Waals surface area contributed by atoms with Crippen LogP contribution in [0.25, 0.3) is 0 Å². The van der Waals surface area contributed by atoms with Gasteiger partial charge in [0.05, 0.1) is 6.61 Å². The van der Waals surface area contributed by atoms with Gasteiger partial charge in [-0.25, -0.2) is 13.9 Å². The summed E-state index contributed by atoms with van der Waals surface area (Å²) in [5.41, 5.74) is 3.86. The highest BCUT2D eigenvalue weighted by Crippen LogP contribution is 2.45. The number of carbonyl (C=O) groups is 1. The summed E-state index contributed by atoms with van der Waals surface area (Å²) in [6, 6.07) is -0.693. The van der Waals surface area contributed by atoms with Gasteiger partial charge in [-0.05, 0) is 65.2 Å². The third-order valence-corrected chi connectivity index (χ3v) is 7.05. The molecule has 1 aromatic heterocycles. The molecule has 29 heavy (non-hydrogen) atoms. The second-order valence-electron chi connectivity index (χ2n) is 7.84. The summed E-state index contributed by atoms with van der Waals surface area (Å²) in [5, 5.41) is 6.99. The average molecular weight is 417 g/mol. The molecule has 0 radical (unpaired) electrons. The molecule has 1 atom stereocenters. The fraction of sp³-hybridized carbons (Fsp3) is 0.500. The third kappa shape index (κ3) is 3.02. The Labute approximate surface area is 169 Å². The molecule has 2 aliphatic carbocycles. The number of halogens is 1. The minimum Gasteiger partial charge on any atom is -0.479 e. The van der Waals surface area contributed by atoms with E-state index in [-0.39, 0.29) is 11.7 Å². The Bertz CT molecular complexity index is 1100. The molecule has 0 unspecified atom stereocenters. The Morgan fingerprint density at radius 3 is 3.00 bits per heavy atom. The minimum atomic E-state index is -1.92. The molecule has 2 aromatic rings. The summed E-state index contributed by atoms with van der Waals surface area (Å²) in [6.45, 7) is 3.26. The van der Waals surface area contributed by atoms with Gasteiger partial charge in [-0.1, -0.05) is 6.92 Å². The number of amides is 2. The number of hydrogen-bond donors (Lipinski definition) is 1. The van der Waals surface area contributed by atoms with Crippen LogP contribution in [0.3, 0.4) is 0 Å². The summed E-state index contributed by atoms with van der Waals surface area (Å²) in [7, 11) is -1.92. The van der Waals surface area contributed by atoms with E-state index in [9.17, 15) is 13.4 Å². The molecule has 0 fully saturated rings. The van der Waals surface area contributed by atoms with Crippen LogP contribution in [0.15, 0.2) is 15.5 Å². The first kappa shape index (κ1) is 18.6. The van der Waals surface area contributed by atoms with E-state index in [0.717, 1.165) is 36.8 Å². The molecule has 1 aliphatic heterocycles. The number of ether oxygens (including phenoxy) is 1. The maximum atomic E-state index is 14.9. The first-order chi connectivity index (χ1) is 14.0. The number of carbonyl (C=O) groups excluding carboxylic acids is 1. The quantitative estimate of drug-likeness (QED) is 0.746. The molecular weight excluding hydrogens is 395 g/mol. The van der Waals surface area contributed by atoms with Crippen molar-refractivity contribution < 1.29 is 18.1 Å². The summed E-state index contributed by atoms with van der Waals surface area (Å²) >= 11 is 0. The van der Waals surface area contributed by atoms with Gasteiger partial charge >= 0.3 is 6.03 Å². The topological polar surface area (TPSA) is 85.6 Å². The molecule has 1 aromatic carbocycles. The van der Waals surface area contributed by atoms with Crippen LogP contribution in [0.2, 0.25) is 0 Å². The van der Waals surface area contributed by atoms with Crippen LogP contribution in [-0.2, 0) is 40.6 Å². The second kappa shape index (κ2) is 7.12. The van der Waals surface area contributed by atoms with Crippen molar-refractivity contribution in [3.63, 3.8) is 0 Å². The molecule has 0 bridgehead atoms. The van der Waals surface area contributed by atoms with Crippen molar-refractivity contribution >= 4 is 22.3 Å². The Morgan fingerprint density at radius 2 is 2.14 bits per heavy atom. The zero-order valence-corrected chi connectivity index (χ0v) is 17.0. The van der Waals surface area contributed by atoms with E-state index in [1.165, 1.54) is 6.20 Å². The Morgan fingerprint density at radius 1 is 1.31 bits per heavy atom. The lowest BCUT2D eigenvalue weighted by Crippen LogP contribution is -2.15. The Hall–Kier alpha value is -2.42. The number of fused-ring (bicyclic) bond motifs is 3. The SMILES string of the molecule is C[C@H]1CCc2c(F)c3c(c(NC(=O)N=[S-](=O)c4cnn5c4OCCC5)c21)CCC3. The summed E-state index contributed by atoms with van der Waals surface area (Å²) in [5.74, 6) is 0.477. The number of aromatic nitrogens is 2. The maximum absolute atomic E-state index is 14.9.